The highest BCUT2D eigenvalue weighted by molar-refractivity contribution is 6.29. The first-order valence-electron chi connectivity index (χ1n) is 12.8. The highest BCUT2D eigenvalue weighted by Gasteiger charge is 2.25. The molecule has 3 heterocycles. The van der Waals surface area contributed by atoms with Gasteiger partial charge < -0.3 is 15.4 Å². The molecule has 2 amide bonds. The molecule has 0 spiro atoms. The number of hydrogen-bond acceptors (Lipinski definition) is 6. The molecule has 2 aromatic heterocycles. The van der Waals surface area contributed by atoms with Gasteiger partial charge in [0.1, 0.15) is 16.6 Å². The zero-order valence-electron chi connectivity index (χ0n) is 21.5. The Hall–Kier alpha value is -3.82. The number of hydrogen-bond donors (Lipinski definition) is 1. The van der Waals surface area contributed by atoms with Crippen molar-refractivity contribution in [1.82, 2.24) is 19.5 Å². The summed E-state index contributed by atoms with van der Waals surface area (Å²) in [4.78, 5) is 23.8. The Morgan fingerprint density at radius 3 is 2.47 bits per heavy atom. The van der Waals surface area contributed by atoms with Crippen molar-refractivity contribution in [2.45, 2.75) is 12.8 Å². The second-order valence-electron chi connectivity index (χ2n) is 9.27. The molecule has 0 saturated carbocycles. The summed E-state index contributed by atoms with van der Waals surface area (Å²) in [6.45, 7) is 5.26. The fraction of sp³-hybridized carbons (Fsp3) is 0.321. The molecule has 0 aliphatic carbocycles. The molecule has 1 aliphatic rings. The van der Waals surface area contributed by atoms with Gasteiger partial charge in [0.05, 0.1) is 12.8 Å². The topological polar surface area (TPSA) is 92.2 Å². The number of amides is 2. The number of urea groups is 1. The number of imidazole rings is 1. The number of methoxy groups -OCH3 is 1. The lowest BCUT2D eigenvalue weighted by Crippen LogP contribution is -2.46. The number of ether oxygens (including phenoxy) is 1. The van der Waals surface area contributed by atoms with Crippen LogP contribution in [0.1, 0.15) is 12.8 Å². The van der Waals surface area contributed by atoms with Crippen molar-refractivity contribution in [3.8, 4) is 17.0 Å². The van der Waals surface area contributed by atoms with Crippen LogP contribution >= 0.6 is 11.6 Å². The van der Waals surface area contributed by atoms with Crippen molar-refractivity contribution >= 4 is 34.8 Å². The number of carbonyl (C=O) groups is 1. The lowest BCUT2D eigenvalue weighted by atomic mass is 10.1. The number of unbranched alkanes of at least 4 members (excludes halogenated alkanes) is 1. The van der Waals surface area contributed by atoms with Gasteiger partial charge >= 0.3 is 6.03 Å². The Labute approximate surface area is 227 Å². The molecule has 0 atom stereocenters. The van der Waals surface area contributed by atoms with E-state index in [9.17, 15) is 4.79 Å². The van der Waals surface area contributed by atoms with Gasteiger partial charge in [-0.1, -0.05) is 54.1 Å². The predicted molar refractivity (Wildman–Crippen MR) is 151 cm³/mol. The number of fused-ring (bicyclic) bond motifs is 1. The van der Waals surface area contributed by atoms with Gasteiger partial charge in [0.15, 0.2) is 11.5 Å². The molecule has 2 N–H and O–H groups in total. The molecule has 9 nitrogen and oxygen atoms in total. The van der Waals surface area contributed by atoms with Gasteiger partial charge in [-0.05, 0) is 43.7 Å². The van der Waals surface area contributed by atoms with Gasteiger partial charge in [0, 0.05) is 38.3 Å². The second kappa shape index (κ2) is 11.7. The first kappa shape index (κ1) is 25.8. The molecule has 1 saturated heterocycles. The van der Waals surface area contributed by atoms with Gasteiger partial charge in [-0.2, -0.15) is 9.61 Å². The van der Waals surface area contributed by atoms with Crippen molar-refractivity contribution in [2.75, 3.05) is 56.2 Å². The maximum Gasteiger partial charge on any atom is 0.320 e. The third kappa shape index (κ3) is 5.54. The monoisotopic (exact) mass is 533 g/mol. The summed E-state index contributed by atoms with van der Waals surface area (Å²) in [5.74, 6) is 1.44. The minimum Gasteiger partial charge on any atom is -0.495 e. The van der Waals surface area contributed by atoms with E-state index >= 15 is 0 Å². The number of para-hydroxylation sites is 2. The molecular formula is C28H32ClN7O2. The lowest BCUT2D eigenvalue weighted by molar-refractivity contribution is 0.248. The Morgan fingerprint density at radius 1 is 1.00 bits per heavy atom. The standard InChI is InChI=1S/C28H32ClN7O2/c1-38-23-12-6-5-11-22(23)34-19-17-33(18-20-34)15-7-8-16-35(28(30)37)27-26(21-9-3-2-4-10-21)31-25-14-13-24(29)32-36(25)27/h2-6,9-14H,7-8,15-20H2,1H3,(H2,30,37). The number of piperazine rings is 1. The molecule has 198 valence electrons. The van der Waals surface area contributed by atoms with E-state index in [0.717, 1.165) is 62.6 Å². The zero-order chi connectivity index (χ0) is 26.5. The Bertz CT molecular complexity index is 1390. The zero-order valence-corrected chi connectivity index (χ0v) is 22.2. The van der Waals surface area contributed by atoms with E-state index in [2.05, 4.69) is 21.0 Å². The van der Waals surface area contributed by atoms with Crippen molar-refractivity contribution < 1.29 is 9.53 Å². The molecule has 4 aromatic rings. The molecule has 0 radical (unpaired) electrons. The van der Waals surface area contributed by atoms with Crippen LogP contribution in [0.3, 0.4) is 0 Å². The first-order valence-corrected chi connectivity index (χ1v) is 13.2. The van der Waals surface area contributed by atoms with Crippen LogP contribution in [0.15, 0.2) is 66.7 Å². The summed E-state index contributed by atoms with van der Waals surface area (Å²) < 4.78 is 7.14. The predicted octanol–water partition coefficient (Wildman–Crippen LogP) is 4.55. The van der Waals surface area contributed by atoms with E-state index in [1.807, 2.05) is 48.5 Å². The molecule has 0 unspecified atom stereocenters. The highest BCUT2D eigenvalue weighted by Crippen LogP contribution is 2.32. The molecule has 1 aliphatic heterocycles. The van der Waals surface area contributed by atoms with Gasteiger partial charge in [-0.3, -0.25) is 9.80 Å². The molecule has 1 fully saturated rings. The van der Waals surface area contributed by atoms with Crippen LogP contribution in [-0.4, -0.2) is 71.9 Å². The van der Waals surface area contributed by atoms with Crippen molar-refractivity contribution in [1.29, 1.82) is 0 Å². The van der Waals surface area contributed by atoms with E-state index in [4.69, 9.17) is 27.1 Å². The molecule has 10 heteroatoms. The van der Waals surface area contributed by atoms with Crippen molar-refractivity contribution in [3.05, 3.63) is 71.9 Å². The number of nitrogens with two attached hydrogens (primary N) is 1. The van der Waals surface area contributed by atoms with Crippen molar-refractivity contribution in [3.63, 3.8) is 0 Å². The Balaban J connectivity index is 1.24. The second-order valence-corrected chi connectivity index (χ2v) is 9.66. The normalized spacial score (nSPS) is 14.1. The average molecular weight is 534 g/mol. The summed E-state index contributed by atoms with van der Waals surface area (Å²) in [6.07, 6.45) is 1.72. The van der Waals surface area contributed by atoms with Gasteiger partial charge in [-0.15, -0.1) is 0 Å². The summed E-state index contributed by atoms with van der Waals surface area (Å²) >= 11 is 6.20. The molecular weight excluding hydrogens is 502 g/mol. The molecule has 5 rings (SSSR count). The minimum atomic E-state index is -0.545. The van der Waals surface area contributed by atoms with Crippen LogP contribution in [0.25, 0.3) is 16.9 Å². The highest BCUT2D eigenvalue weighted by atomic mass is 35.5. The maximum absolute atomic E-state index is 12.6. The number of benzene rings is 2. The number of aromatic nitrogens is 3. The number of primary amides is 1. The average Bonchev–Trinajstić information content (AvgIpc) is 3.32. The quantitative estimate of drug-likeness (QED) is 0.317. The SMILES string of the molecule is COc1ccccc1N1CCN(CCCCN(C(N)=O)c2c(-c3ccccc3)nc3ccc(Cl)nn23)CC1. The summed E-state index contributed by atoms with van der Waals surface area (Å²) in [5.41, 5.74) is 9.15. The Kier molecular flexibility index (Phi) is 7.95. The van der Waals surface area contributed by atoms with Gasteiger partial charge in [0.2, 0.25) is 0 Å². The van der Waals surface area contributed by atoms with Crippen LogP contribution in [-0.2, 0) is 0 Å². The van der Waals surface area contributed by atoms with E-state index in [1.54, 1.807) is 28.7 Å². The fourth-order valence-corrected chi connectivity index (χ4v) is 5.10. The van der Waals surface area contributed by atoms with Crippen LogP contribution in [0, 0.1) is 0 Å². The lowest BCUT2D eigenvalue weighted by Gasteiger charge is -2.36. The van der Waals surface area contributed by atoms with Gasteiger partial charge in [-0.25, -0.2) is 9.78 Å². The summed E-state index contributed by atoms with van der Waals surface area (Å²) in [5, 5.41) is 4.73. The molecule has 2 aromatic carbocycles. The number of halogens is 1. The smallest absolute Gasteiger partial charge is 0.320 e. The molecule has 38 heavy (non-hydrogen) atoms. The van der Waals surface area contributed by atoms with E-state index in [0.29, 0.717) is 28.9 Å². The van der Waals surface area contributed by atoms with E-state index in [-0.39, 0.29) is 0 Å². The maximum atomic E-state index is 12.6. The number of nitrogens with zero attached hydrogens (tertiary/aromatic N) is 6. The van der Waals surface area contributed by atoms with Crippen LogP contribution in [0.4, 0.5) is 16.3 Å². The van der Waals surface area contributed by atoms with Crippen LogP contribution in [0.5, 0.6) is 5.75 Å². The van der Waals surface area contributed by atoms with E-state index < -0.39 is 6.03 Å². The van der Waals surface area contributed by atoms with Crippen LogP contribution < -0.4 is 20.3 Å². The van der Waals surface area contributed by atoms with E-state index in [1.165, 1.54) is 0 Å². The van der Waals surface area contributed by atoms with Gasteiger partial charge in [0.25, 0.3) is 0 Å². The first-order chi connectivity index (χ1) is 18.5. The molecule has 0 bridgehead atoms. The number of rotatable bonds is 9. The fourth-order valence-electron chi connectivity index (χ4n) is 4.96. The third-order valence-corrected chi connectivity index (χ3v) is 7.10. The van der Waals surface area contributed by atoms with Crippen molar-refractivity contribution in [2.24, 2.45) is 5.73 Å². The number of carbonyl (C=O) groups excluding carboxylic acids is 1. The number of anilines is 2. The summed E-state index contributed by atoms with van der Waals surface area (Å²) in [7, 11) is 1.71. The third-order valence-electron chi connectivity index (χ3n) is 6.89. The largest absolute Gasteiger partial charge is 0.495 e. The van der Waals surface area contributed by atoms with Crippen LogP contribution in [0.2, 0.25) is 5.15 Å². The Morgan fingerprint density at radius 2 is 1.74 bits per heavy atom. The summed E-state index contributed by atoms with van der Waals surface area (Å²) in [6, 6.07) is 20.8. The minimum absolute atomic E-state index is 0.312.